The molecule has 0 saturated heterocycles. The fourth-order valence-electron chi connectivity index (χ4n) is 3.83. The van der Waals surface area contributed by atoms with E-state index in [0.717, 1.165) is 44.9 Å². The van der Waals surface area contributed by atoms with E-state index in [1.54, 1.807) is 12.5 Å². The van der Waals surface area contributed by atoms with Crippen molar-refractivity contribution in [1.82, 2.24) is 24.7 Å². The van der Waals surface area contributed by atoms with Crippen LogP contribution < -0.4 is 11.1 Å². The Kier molecular flexibility index (Phi) is 7.50. The number of nitrogen functional groups attached to an aromatic ring is 1. The Morgan fingerprint density at radius 1 is 0.941 bits per heavy atom. The molecule has 5 aromatic rings. The standard InChI is InChI=1S/C21H15N5.C5H10.C2H7N/c22-21-20-19(24-13-26(20)11-10-23-21)16-7-6-15-8-9-17(25-18(15)12-16)14-4-2-1-3-5-14;1-5-3-2-4-5;1-3-2/h1-13H,(H2,22,23);5H,2-4H2,1H3;3H,1-2H3. The predicted molar refractivity (Wildman–Crippen MR) is 142 cm³/mol. The lowest BCUT2D eigenvalue weighted by Gasteiger charge is -2.18. The lowest BCUT2D eigenvalue weighted by Crippen LogP contribution is -2.04. The molecule has 0 radical (unpaired) electrons. The number of hydrogen-bond acceptors (Lipinski definition) is 5. The lowest BCUT2D eigenvalue weighted by molar-refractivity contribution is 0.346. The Balaban J connectivity index is 0.000000295. The number of pyridine rings is 1. The van der Waals surface area contributed by atoms with Crippen molar-refractivity contribution in [3.8, 4) is 22.5 Å². The van der Waals surface area contributed by atoms with Gasteiger partial charge in [-0.15, -0.1) is 0 Å². The van der Waals surface area contributed by atoms with Crippen LogP contribution in [0.4, 0.5) is 5.82 Å². The molecule has 174 valence electrons. The Morgan fingerprint density at radius 3 is 2.32 bits per heavy atom. The first-order chi connectivity index (χ1) is 16.6. The number of imidazole rings is 1. The molecule has 1 aliphatic rings. The van der Waals surface area contributed by atoms with Crippen molar-refractivity contribution < 1.29 is 0 Å². The highest BCUT2D eigenvalue weighted by Gasteiger charge is 2.12. The summed E-state index contributed by atoms with van der Waals surface area (Å²) in [6.07, 6.45) is 9.72. The van der Waals surface area contributed by atoms with Gasteiger partial charge in [0, 0.05) is 28.9 Å². The van der Waals surface area contributed by atoms with Crippen LogP contribution >= 0.6 is 0 Å². The number of anilines is 1. The Hall–Kier alpha value is -3.77. The molecule has 0 amide bonds. The minimum absolute atomic E-state index is 0.464. The van der Waals surface area contributed by atoms with Crippen LogP contribution in [0.5, 0.6) is 0 Å². The van der Waals surface area contributed by atoms with Crippen molar-refractivity contribution in [2.24, 2.45) is 5.92 Å². The normalized spacial score (nSPS) is 12.9. The molecule has 3 aromatic heterocycles. The van der Waals surface area contributed by atoms with E-state index in [1.165, 1.54) is 19.3 Å². The third-order valence-electron chi connectivity index (χ3n) is 5.91. The van der Waals surface area contributed by atoms with Gasteiger partial charge in [0.05, 0.1) is 16.9 Å². The van der Waals surface area contributed by atoms with Crippen LogP contribution in [0.3, 0.4) is 0 Å². The van der Waals surface area contributed by atoms with E-state index in [1.807, 2.05) is 55.0 Å². The summed E-state index contributed by atoms with van der Waals surface area (Å²) >= 11 is 0. The zero-order valence-electron chi connectivity index (χ0n) is 20.1. The van der Waals surface area contributed by atoms with Crippen LogP contribution in [-0.4, -0.2) is 33.4 Å². The molecule has 0 bridgehead atoms. The Morgan fingerprint density at radius 2 is 1.65 bits per heavy atom. The molecule has 1 saturated carbocycles. The molecule has 0 aliphatic heterocycles. The smallest absolute Gasteiger partial charge is 0.150 e. The summed E-state index contributed by atoms with van der Waals surface area (Å²) in [4.78, 5) is 13.5. The largest absolute Gasteiger partial charge is 0.382 e. The average Bonchev–Trinajstić information content (AvgIpc) is 3.29. The molecule has 0 atom stereocenters. The molecule has 1 fully saturated rings. The third kappa shape index (κ3) is 5.24. The maximum Gasteiger partial charge on any atom is 0.150 e. The topological polar surface area (TPSA) is 81.1 Å². The minimum atomic E-state index is 0.464. The number of rotatable bonds is 2. The number of benzene rings is 2. The molecule has 0 spiro atoms. The maximum atomic E-state index is 6.06. The first-order valence-electron chi connectivity index (χ1n) is 11.7. The van der Waals surface area contributed by atoms with Gasteiger partial charge in [0.25, 0.3) is 0 Å². The lowest BCUT2D eigenvalue weighted by atomic mass is 9.88. The van der Waals surface area contributed by atoms with Crippen molar-refractivity contribution in [1.29, 1.82) is 0 Å². The number of nitrogens with two attached hydrogens (primary N) is 1. The molecule has 3 N–H and O–H groups in total. The fourth-order valence-corrected chi connectivity index (χ4v) is 3.83. The second-order valence-electron chi connectivity index (χ2n) is 8.67. The van der Waals surface area contributed by atoms with Crippen molar-refractivity contribution in [3.05, 3.63) is 79.4 Å². The first-order valence-corrected chi connectivity index (χ1v) is 11.7. The van der Waals surface area contributed by atoms with Crippen molar-refractivity contribution in [2.45, 2.75) is 26.2 Å². The van der Waals surface area contributed by atoms with Crippen LogP contribution in [-0.2, 0) is 0 Å². The number of nitrogens with zero attached hydrogens (tertiary/aromatic N) is 4. The van der Waals surface area contributed by atoms with Gasteiger partial charge in [-0.25, -0.2) is 15.0 Å². The van der Waals surface area contributed by atoms with Gasteiger partial charge in [0.15, 0.2) is 0 Å². The summed E-state index contributed by atoms with van der Waals surface area (Å²) in [6.45, 7) is 2.31. The van der Waals surface area contributed by atoms with E-state index in [2.05, 4.69) is 52.5 Å². The predicted octanol–water partition coefficient (Wildman–Crippen LogP) is 5.84. The van der Waals surface area contributed by atoms with Crippen LogP contribution in [0.2, 0.25) is 0 Å². The van der Waals surface area contributed by atoms with E-state index in [4.69, 9.17) is 10.7 Å². The van der Waals surface area contributed by atoms with E-state index in [0.29, 0.717) is 5.82 Å². The van der Waals surface area contributed by atoms with E-state index < -0.39 is 0 Å². The number of aromatic nitrogens is 4. The van der Waals surface area contributed by atoms with Crippen molar-refractivity contribution in [2.75, 3.05) is 19.8 Å². The monoisotopic (exact) mass is 452 g/mol. The molecular formula is C28H32N6. The molecule has 3 heterocycles. The van der Waals surface area contributed by atoms with Gasteiger partial charge in [-0.3, -0.25) is 0 Å². The summed E-state index contributed by atoms with van der Waals surface area (Å²) in [5, 5.41) is 3.84. The first kappa shape index (κ1) is 23.4. The van der Waals surface area contributed by atoms with Gasteiger partial charge in [-0.2, -0.15) is 0 Å². The molecular weight excluding hydrogens is 420 g/mol. The highest BCUT2D eigenvalue weighted by atomic mass is 15.0. The molecule has 6 nitrogen and oxygen atoms in total. The van der Waals surface area contributed by atoms with Gasteiger partial charge in [-0.1, -0.05) is 74.7 Å². The summed E-state index contributed by atoms with van der Waals surface area (Å²) in [6, 6.07) is 20.5. The molecule has 0 unspecified atom stereocenters. The van der Waals surface area contributed by atoms with E-state index >= 15 is 0 Å². The molecule has 1 aliphatic carbocycles. The molecule has 6 rings (SSSR count). The summed E-state index contributed by atoms with van der Waals surface area (Å²) in [5.74, 6) is 1.53. The zero-order valence-corrected chi connectivity index (χ0v) is 20.1. The maximum absolute atomic E-state index is 6.06. The van der Waals surface area contributed by atoms with Gasteiger partial charge in [-0.05, 0) is 32.1 Å². The SMILES string of the molecule is CC1CCC1.CNC.Nc1nccn2cnc(-c3ccc4ccc(-c5ccccc5)nc4c3)c12. The summed E-state index contributed by atoms with van der Waals surface area (Å²) < 4.78 is 1.88. The molecule has 2 aromatic carbocycles. The average molecular weight is 453 g/mol. The third-order valence-corrected chi connectivity index (χ3v) is 5.91. The highest BCUT2D eigenvalue weighted by molar-refractivity contribution is 5.91. The van der Waals surface area contributed by atoms with E-state index in [-0.39, 0.29) is 0 Å². The van der Waals surface area contributed by atoms with Crippen LogP contribution in [0.1, 0.15) is 26.2 Å². The summed E-state index contributed by atoms with van der Waals surface area (Å²) in [7, 11) is 3.75. The Labute approximate surface area is 200 Å². The van der Waals surface area contributed by atoms with Gasteiger partial charge < -0.3 is 15.5 Å². The fraction of sp³-hybridized carbons (Fsp3) is 0.250. The quantitative estimate of drug-likeness (QED) is 0.352. The molecule has 34 heavy (non-hydrogen) atoms. The number of nitrogens with one attached hydrogen (secondary N) is 1. The highest BCUT2D eigenvalue weighted by Crippen LogP contribution is 2.29. The molecule has 6 heteroatoms. The minimum Gasteiger partial charge on any atom is -0.382 e. The second-order valence-corrected chi connectivity index (χ2v) is 8.67. The summed E-state index contributed by atoms with van der Waals surface area (Å²) in [5.41, 5.74) is 11.6. The van der Waals surface area contributed by atoms with Crippen molar-refractivity contribution >= 4 is 22.2 Å². The van der Waals surface area contributed by atoms with Gasteiger partial charge in [0.2, 0.25) is 0 Å². The van der Waals surface area contributed by atoms with Gasteiger partial charge >= 0.3 is 0 Å². The Bertz CT molecular complexity index is 1360. The van der Waals surface area contributed by atoms with E-state index in [9.17, 15) is 0 Å². The van der Waals surface area contributed by atoms with Crippen LogP contribution in [0.15, 0.2) is 79.4 Å². The number of hydrogen-bond donors (Lipinski definition) is 2. The number of fused-ring (bicyclic) bond motifs is 2. The zero-order chi connectivity index (χ0) is 23.9. The van der Waals surface area contributed by atoms with Crippen LogP contribution in [0.25, 0.3) is 38.9 Å². The second kappa shape index (κ2) is 10.9. The van der Waals surface area contributed by atoms with Crippen molar-refractivity contribution in [3.63, 3.8) is 0 Å². The van der Waals surface area contributed by atoms with Crippen LogP contribution in [0, 0.1) is 5.92 Å². The van der Waals surface area contributed by atoms with Gasteiger partial charge in [0.1, 0.15) is 17.7 Å².